The normalized spacial score (nSPS) is 11.9. The Bertz CT molecular complexity index is 262. The number of hydrogen-bond acceptors (Lipinski definition) is 1. The van der Waals surface area contributed by atoms with Crippen molar-refractivity contribution in [3.8, 4) is 0 Å². The Morgan fingerprint density at radius 1 is 1.00 bits per heavy atom. The summed E-state index contributed by atoms with van der Waals surface area (Å²) in [5.74, 6) is 0. The summed E-state index contributed by atoms with van der Waals surface area (Å²) in [5.41, 5.74) is 0. The van der Waals surface area contributed by atoms with Crippen molar-refractivity contribution in [3.05, 3.63) is 18.7 Å². The van der Waals surface area contributed by atoms with Crippen LogP contribution in [0.1, 0.15) is 32.1 Å². The van der Waals surface area contributed by atoms with Crippen molar-refractivity contribution in [2.45, 2.75) is 64.3 Å². The van der Waals surface area contributed by atoms with Gasteiger partial charge in [-0.2, -0.15) is 0 Å². The summed E-state index contributed by atoms with van der Waals surface area (Å²) in [4.78, 5) is 4.05. The molecular formula is C13H26N2Si. The summed E-state index contributed by atoms with van der Waals surface area (Å²) in [6.45, 7) is 8.53. The van der Waals surface area contributed by atoms with Crippen molar-refractivity contribution in [2.75, 3.05) is 0 Å². The predicted octanol–water partition coefficient (Wildman–Crippen LogP) is 4.17. The molecule has 0 saturated heterocycles. The van der Waals surface area contributed by atoms with Gasteiger partial charge in [0.05, 0.1) is 6.33 Å². The molecule has 0 aliphatic rings. The van der Waals surface area contributed by atoms with E-state index in [1.165, 1.54) is 38.1 Å². The van der Waals surface area contributed by atoms with Gasteiger partial charge < -0.3 is 4.57 Å². The maximum Gasteiger partial charge on any atom is 0.0945 e. The third-order valence-electron chi connectivity index (χ3n) is 2.90. The summed E-state index contributed by atoms with van der Waals surface area (Å²) in [6, 6.07) is 1.49. The van der Waals surface area contributed by atoms with Gasteiger partial charge in [0.15, 0.2) is 0 Å². The molecule has 0 aliphatic heterocycles. The number of imidazole rings is 1. The highest BCUT2D eigenvalue weighted by Crippen LogP contribution is 2.15. The fourth-order valence-corrected chi connectivity index (χ4v) is 3.21. The van der Waals surface area contributed by atoms with Crippen LogP contribution in [0.3, 0.4) is 0 Å². The van der Waals surface area contributed by atoms with E-state index in [4.69, 9.17) is 0 Å². The molecule has 2 nitrogen and oxygen atoms in total. The zero-order valence-corrected chi connectivity index (χ0v) is 12.1. The van der Waals surface area contributed by atoms with Gasteiger partial charge in [-0.05, 0) is 6.42 Å². The second-order valence-corrected chi connectivity index (χ2v) is 11.5. The summed E-state index contributed by atoms with van der Waals surface area (Å²) >= 11 is 0. The smallest absolute Gasteiger partial charge is 0.0945 e. The second-order valence-electron chi connectivity index (χ2n) is 5.88. The summed E-state index contributed by atoms with van der Waals surface area (Å²) in [5, 5.41) is 0. The Morgan fingerprint density at radius 3 is 2.31 bits per heavy atom. The Hall–Kier alpha value is -0.573. The van der Waals surface area contributed by atoms with E-state index in [1.807, 2.05) is 18.7 Å². The molecule has 0 aliphatic carbocycles. The van der Waals surface area contributed by atoms with Crippen LogP contribution in [0.2, 0.25) is 25.7 Å². The summed E-state index contributed by atoms with van der Waals surface area (Å²) in [6.07, 6.45) is 12.7. The summed E-state index contributed by atoms with van der Waals surface area (Å²) in [7, 11) is -0.782. The maximum absolute atomic E-state index is 4.05. The fraction of sp³-hybridized carbons (Fsp3) is 0.769. The van der Waals surface area contributed by atoms with E-state index in [9.17, 15) is 0 Å². The van der Waals surface area contributed by atoms with Gasteiger partial charge in [0, 0.05) is 27.0 Å². The van der Waals surface area contributed by atoms with E-state index in [1.54, 1.807) is 0 Å². The van der Waals surface area contributed by atoms with E-state index in [-0.39, 0.29) is 0 Å². The molecule has 0 unspecified atom stereocenters. The van der Waals surface area contributed by atoms with E-state index >= 15 is 0 Å². The van der Waals surface area contributed by atoms with Gasteiger partial charge in [-0.1, -0.05) is 51.4 Å². The lowest BCUT2D eigenvalue weighted by Crippen LogP contribution is -2.18. The SMILES string of the molecule is C[Si](C)(C)CCCCCCCn1ccnc1. The molecule has 1 aromatic rings. The van der Waals surface area contributed by atoms with Crippen LogP contribution in [0.5, 0.6) is 0 Å². The number of aryl methyl sites for hydroxylation is 1. The highest BCUT2D eigenvalue weighted by atomic mass is 28.3. The van der Waals surface area contributed by atoms with Gasteiger partial charge >= 0.3 is 0 Å². The van der Waals surface area contributed by atoms with Crippen molar-refractivity contribution in [3.63, 3.8) is 0 Å². The highest BCUT2D eigenvalue weighted by molar-refractivity contribution is 6.76. The third-order valence-corrected chi connectivity index (χ3v) is 4.76. The molecule has 0 atom stereocenters. The quantitative estimate of drug-likeness (QED) is 0.491. The monoisotopic (exact) mass is 238 g/mol. The molecule has 0 saturated carbocycles. The topological polar surface area (TPSA) is 17.8 Å². The first-order chi connectivity index (χ1) is 7.58. The molecule has 0 fully saturated rings. The maximum atomic E-state index is 4.05. The first kappa shape index (κ1) is 13.5. The Morgan fingerprint density at radius 2 is 1.69 bits per heavy atom. The number of nitrogens with zero attached hydrogens (tertiary/aromatic N) is 2. The zero-order valence-electron chi connectivity index (χ0n) is 11.1. The Balaban J connectivity index is 1.89. The highest BCUT2D eigenvalue weighted by Gasteiger charge is 2.11. The van der Waals surface area contributed by atoms with Gasteiger partial charge in [-0.15, -0.1) is 0 Å². The van der Waals surface area contributed by atoms with Crippen LogP contribution >= 0.6 is 0 Å². The minimum absolute atomic E-state index is 0.782. The minimum Gasteiger partial charge on any atom is -0.337 e. The van der Waals surface area contributed by atoms with E-state index in [0.29, 0.717) is 0 Å². The average Bonchev–Trinajstić information content (AvgIpc) is 2.67. The molecule has 0 spiro atoms. The van der Waals surface area contributed by atoms with Crippen LogP contribution in [-0.4, -0.2) is 17.6 Å². The minimum atomic E-state index is -0.782. The Labute approximate surface area is 101 Å². The van der Waals surface area contributed by atoms with Gasteiger partial charge in [-0.3, -0.25) is 0 Å². The van der Waals surface area contributed by atoms with Crippen LogP contribution in [0.4, 0.5) is 0 Å². The molecule has 16 heavy (non-hydrogen) atoms. The van der Waals surface area contributed by atoms with Crippen LogP contribution in [0.25, 0.3) is 0 Å². The fourth-order valence-electron chi connectivity index (χ4n) is 1.90. The van der Waals surface area contributed by atoms with E-state index < -0.39 is 8.07 Å². The predicted molar refractivity (Wildman–Crippen MR) is 73.5 cm³/mol. The lowest BCUT2D eigenvalue weighted by molar-refractivity contribution is 0.567. The van der Waals surface area contributed by atoms with Crippen LogP contribution in [0.15, 0.2) is 18.7 Å². The van der Waals surface area contributed by atoms with Crippen LogP contribution < -0.4 is 0 Å². The first-order valence-electron chi connectivity index (χ1n) is 6.54. The molecule has 0 N–H and O–H groups in total. The van der Waals surface area contributed by atoms with Gasteiger partial charge in [0.2, 0.25) is 0 Å². The summed E-state index contributed by atoms with van der Waals surface area (Å²) < 4.78 is 2.17. The van der Waals surface area contributed by atoms with Gasteiger partial charge in [0.25, 0.3) is 0 Å². The molecule has 1 rings (SSSR count). The lowest BCUT2D eigenvalue weighted by Gasteiger charge is -2.14. The van der Waals surface area contributed by atoms with Gasteiger partial charge in [-0.25, -0.2) is 4.98 Å². The van der Waals surface area contributed by atoms with Crippen molar-refractivity contribution in [1.82, 2.24) is 9.55 Å². The van der Waals surface area contributed by atoms with Crippen molar-refractivity contribution in [1.29, 1.82) is 0 Å². The number of rotatable bonds is 8. The Kier molecular flexibility index (Phi) is 5.81. The number of hydrogen-bond donors (Lipinski definition) is 0. The second kappa shape index (κ2) is 6.89. The van der Waals surface area contributed by atoms with Crippen molar-refractivity contribution in [2.24, 2.45) is 0 Å². The molecule has 92 valence electrons. The van der Waals surface area contributed by atoms with E-state index in [0.717, 1.165) is 6.54 Å². The molecule has 0 radical (unpaired) electrons. The van der Waals surface area contributed by atoms with Crippen LogP contribution in [0, 0.1) is 0 Å². The van der Waals surface area contributed by atoms with Crippen molar-refractivity contribution < 1.29 is 0 Å². The molecule has 1 aromatic heterocycles. The third kappa shape index (κ3) is 6.83. The lowest BCUT2D eigenvalue weighted by atomic mass is 10.1. The van der Waals surface area contributed by atoms with E-state index in [2.05, 4.69) is 29.2 Å². The molecule has 3 heteroatoms. The molecule has 0 amide bonds. The molecule has 1 heterocycles. The largest absolute Gasteiger partial charge is 0.337 e. The average molecular weight is 238 g/mol. The molecule has 0 bridgehead atoms. The standard InChI is InChI=1S/C13H26N2Si/c1-16(2,3)12-8-6-4-5-7-10-15-11-9-14-13-15/h9,11,13H,4-8,10,12H2,1-3H3. The van der Waals surface area contributed by atoms with Crippen LogP contribution in [-0.2, 0) is 6.54 Å². The molecule has 0 aromatic carbocycles. The van der Waals surface area contributed by atoms with Gasteiger partial charge in [0.1, 0.15) is 0 Å². The number of aromatic nitrogens is 2. The number of unbranched alkanes of at least 4 members (excludes halogenated alkanes) is 4. The van der Waals surface area contributed by atoms with Crippen molar-refractivity contribution >= 4 is 8.07 Å². The molecular weight excluding hydrogens is 212 g/mol. The zero-order chi connectivity index (χ0) is 11.9. The first-order valence-corrected chi connectivity index (χ1v) is 10.2.